The minimum Gasteiger partial charge on any atom is -0.397 e. The molecule has 3 N–H and O–H groups in total. The summed E-state index contributed by atoms with van der Waals surface area (Å²) in [7, 11) is 0. The Morgan fingerprint density at radius 1 is 1.42 bits per heavy atom. The monoisotopic (exact) mass is 279 g/mol. The molecule has 0 saturated heterocycles. The van der Waals surface area contributed by atoms with Crippen LogP contribution >= 0.6 is 11.8 Å². The van der Waals surface area contributed by atoms with Gasteiger partial charge in [-0.05, 0) is 44.9 Å². The second-order valence-corrected chi connectivity index (χ2v) is 6.22. The number of nitrogens with zero attached hydrogens (tertiary/aromatic N) is 1. The molecule has 0 aromatic carbocycles. The van der Waals surface area contributed by atoms with Crippen LogP contribution in [0.1, 0.15) is 41.7 Å². The summed E-state index contributed by atoms with van der Waals surface area (Å²) in [6.07, 6.45) is 8.22. The number of nitrogens with one attached hydrogen (secondary N) is 1. The molecule has 0 atom stereocenters. The van der Waals surface area contributed by atoms with Crippen LogP contribution in [-0.4, -0.2) is 28.4 Å². The standard InChI is InChI=1S/C14H21N3OS/c1-9-13(7-10(15)8-16-9)14(18)17-11-3-5-12(19-2)6-4-11/h7-8,11-12H,3-6,15H2,1-2H3,(H,17,18). The van der Waals surface area contributed by atoms with Crippen molar-refractivity contribution >= 4 is 23.4 Å². The number of hydrogen-bond donors (Lipinski definition) is 2. The highest BCUT2D eigenvalue weighted by Gasteiger charge is 2.22. The zero-order valence-electron chi connectivity index (χ0n) is 11.5. The molecule has 0 bridgehead atoms. The van der Waals surface area contributed by atoms with Crippen LogP contribution in [0.2, 0.25) is 0 Å². The Labute approximate surface area is 118 Å². The van der Waals surface area contributed by atoms with E-state index in [9.17, 15) is 4.79 Å². The molecular weight excluding hydrogens is 258 g/mol. The summed E-state index contributed by atoms with van der Waals surface area (Å²) < 4.78 is 0. The van der Waals surface area contributed by atoms with E-state index in [-0.39, 0.29) is 11.9 Å². The van der Waals surface area contributed by atoms with Gasteiger partial charge in [-0.15, -0.1) is 0 Å². The first-order valence-electron chi connectivity index (χ1n) is 6.66. The number of amides is 1. The summed E-state index contributed by atoms with van der Waals surface area (Å²) >= 11 is 1.93. The Balaban J connectivity index is 1.96. The van der Waals surface area contributed by atoms with Gasteiger partial charge in [0.1, 0.15) is 0 Å². The first-order chi connectivity index (χ1) is 9.10. The van der Waals surface area contributed by atoms with Gasteiger partial charge >= 0.3 is 0 Å². The van der Waals surface area contributed by atoms with E-state index >= 15 is 0 Å². The van der Waals surface area contributed by atoms with E-state index in [0.717, 1.165) is 23.8 Å². The van der Waals surface area contributed by atoms with Gasteiger partial charge in [0, 0.05) is 11.3 Å². The molecule has 1 aliphatic carbocycles. The number of carbonyl (C=O) groups excluding carboxylic acids is 1. The lowest BCUT2D eigenvalue weighted by molar-refractivity contribution is 0.0927. The zero-order chi connectivity index (χ0) is 13.8. The second-order valence-electron chi connectivity index (χ2n) is 5.08. The molecule has 0 radical (unpaired) electrons. The quantitative estimate of drug-likeness (QED) is 0.891. The lowest BCUT2D eigenvalue weighted by Gasteiger charge is -2.28. The fourth-order valence-electron chi connectivity index (χ4n) is 2.49. The van der Waals surface area contributed by atoms with E-state index in [4.69, 9.17) is 5.73 Å². The number of nitrogens with two attached hydrogens (primary N) is 1. The van der Waals surface area contributed by atoms with Crippen LogP contribution in [-0.2, 0) is 0 Å². The number of carbonyl (C=O) groups is 1. The third-order valence-corrected chi connectivity index (χ3v) is 4.83. The largest absolute Gasteiger partial charge is 0.397 e. The highest BCUT2D eigenvalue weighted by atomic mass is 32.2. The molecule has 0 spiro atoms. The number of aromatic nitrogens is 1. The van der Waals surface area contributed by atoms with E-state index in [1.807, 2.05) is 18.7 Å². The molecule has 0 unspecified atom stereocenters. The highest BCUT2D eigenvalue weighted by molar-refractivity contribution is 7.99. The molecule has 19 heavy (non-hydrogen) atoms. The number of anilines is 1. The van der Waals surface area contributed by atoms with Crippen LogP contribution in [0.25, 0.3) is 0 Å². The molecule has 4 nitrogen and oxygen atoms in total. The third kappa shape index (κ3) is 3.62. The number of thioether (sulfide) groups is 1. The molecule has 1 aromatic heterocycles. The van der Waals surface area contributed by atoms with Crippen LogP contribution in [0.3, 0.4) is 0 Å². The molecule has 1 fully saturated rings. The van der Waals surface area contributed by atoms with Gasteiger partial charge in [0.05, 0.1) is 23.1 Å². The molecule has 1 amide bonds. The molecule has 104 valence electrons. The van der Waals surface area contributed by atoms with Crippen molar-refractivity contribution in [2.75, 3.05) is 12.0 Å². The summed E-state index contributed by atoms with van der Waals surface area (Å²) in [5, 5.41) is 3.86. The molecule has 0 aliphatic heterocycles. The summed E-state index contributed by atoms with van der Waals surface area (Å²) in [5.41, 5.74) is 7.54. The Bertz CT molecular complexity index is 456. The predicted octanol–water partition coefficient (Wildman–Crippen LogP) is 2.38. The smallest absolute Gasteiger partial charge is 0.253 e. The minimum absolute atomic E-state index is 0.0510. The molecule has 5 heteroatoms. The Hall–Kier alpha value is -1.23. The average molecular weight is 279 g/mol. The van der Waals surface area contributed by atoms with Gasteiger partial charge in [-0.25, -0.2) is 0 Å². The zero-order valence-corrected chi connectivity index (χ0v) is 12.3. The number of hydrogen-bond acceptors (Lipinski definition) is 4. The Morgan fingerprint density at radius 2 is 2.11 bits per heavy atom. The van der Waals surface area contributed by atoms with Crippen molar-refractivity contribution in [3.8, 4) is 0 Å². The van der Waals surface area contributed by atoms with Crippen molar-refractivity contribution in [1.82, 2.24) is 10.3 Å². The molecular formula is C14H21N3OS. The van der Waals surface area contributed by atoms with Crippen molar-refractivity contribution in [1.29, 1.82) is 0 Å². The van der Waals surface area contributed by atoms with Gasteiger partial charge in [0.2, 0.25) is 0 Å². The summed E-state index contributed by atoms with van der Waals surface area (Å²) in [4.78, 5) is 16.4. The molecule has 1 aliphatic rings. The second kappa shape index (κ2) is 6.28. The van der Waals surface area contributed by atoms with E-state index in [0.29, 0.717) is 11.3 Å². The number of nitrogen functional groups attached to an aromatic ring is 1. The van der Waals surface area contributed by atoms with Gasteiger partial charge in [0.15, 0.2) is 0 Å². The Kier molecular flexibility index (Phi) is 4.69. The fraction of sp³-hybridized carbons (Fsp3) is 0.571. The van der Waals surface area contributed by atoms with Gasteiger partial charge in [-0.3, -0.25) is 9.78 Å². The van der Waals surface area contributed by atoms with Gasteiger partial charge in [-0.1, -0.05) is 0 Å². The first-order valence-corrected chi connectivity index (χ1v) is 7.94. The van der Waals surface area contributed by atoms with E-state index in [1.165, 1.54) is 12.8 Å². The fourth-order valence-corrected chi connectivity index (χ4v) is 3.23. The maximum Gasteiger partial charge on any atom is 0.253 e. The minimum atomic E-state index is -0.0510. The maximum absolute atomic E-state index is 12.2. The van der Waals surface area contributed by atoms with Crippen molar-refractivity contribution in [2.45, 2.75) is 43.9 Å². The summed E-state index contributed by atoms with van der Waals surface area (Å²) in [5.74, 6) is -0.0510. The lowest BCUT2D eigenvalue weighted by Crippen LogP contribution is -2.38. The van der Waals surface area contributed by atoms with Crippen LogP contribution in [0.5, 0.6) is 0 Å². The van der Waals surface area contributed by atoms with Gasteiger partial charge < -0.3 is 11.1 Å². The normalized spacial score (nSPS) is 23.1. The van der Waals surface area contributed by atoms with E-state index in [1.54, 1.807) is 12.3 Å². The van der Waals surface area contributed by atoms with E-state index < -0.39 is 0 Å². The molecule has 1 heterocycles. The van der Waals surface area contributed by atoms with Crippen LogP contribution in [0.15, 0.2) is 12.3 Å². The molecule has 1 aromatic rings. The topological polar surface area (TPSA) is 68.0 Å². The molecule has 1 saturated carbocycles. The third-order valence-electron chi connectivity index (χ3n) is 3.70. The lowest BCUT2D eigenvalue weighted by atomic mass is 9.94. The van der Waals surface area contributed by atoms with Crippen molar-refractivity contribution < 1.29 is 4.79 Å². The van der Waals surface area contributed by atoms with Crippen molar-refractivity contribution in [3.05, 3.63) is 23.5 Å². The Morgan fingerprint density at radius 3 is 2.74 bits per heavy atom. The number of pyridine rings is 1. The summed E-state index contributed by atoms with van der Waals surface area (Å²) in [6.45, 7) is 1.83. The molecule has 2 rings (SSSR count). The van der Waals surface area contributed by atoms with Crippen molar-refractivity contribution in [2.24, 2.45) is 0 Å². The first kappa shape index (κ1) is 14.2. The van der Waals surface area contributed by atoms with Crippen LogP contribution in [0, 0.1) is 6.92 Å². The van der Waals surface area contributed by atoms with Crippen molar-refractivity contribution in [3.63, 3.8) is 0 Å². The average Bonchev–Trinajstić information content (AvgIpc) is 2.42. The summed E-state index contributed by atoms with van der Waals surface area (Å²) in [6, 6.07) is 1.99. The number of rotatable bonds is 3. The highest BCUT2D eigenvalue weighted by Crippen LogP contribution is 2.27. The predicted molar refractivity (Wildman–Crippen MR) is 80.4 cm³/mol. The van der Waals surface area contributed by atoms with E-state index in [2.05, 4.69) is 16.6 Å². The maximum atomic E-state index is 12.2. The SMILES string of the molecule is CSC1CCC(NC(=O)c2cc(N)cnc2C)CC1. The van der Waals surface area contributed by atoms with Crippen LogP contribution < -0.4 is 11.1 Å². The van der Waals surface area contributed by atoms with Crippen LogP contribution in [0.4, 0.5) is 5.69 Å². The number of aryl methyl sites for hydroxylation is 1. The van der Waals surface area contributed by atoms with Gasteiger partial charge in [0.25, 0.3) is 5.91 Å². The van der Waals surface area contributed by atoms with Gasteiger partial charge in [-0.2, -0.15) is 11.8 Å².